The maximum absolute atomic E-state index is 11.6. The number of aryl methyl sites for hydroxylation is 1. The molecule has 1 aliphatic rings. The number of hydrogen-bond donors (Lipinski definition) is 2. The zero-order valence-corrected chi connectivity index (χ0v) is 8.86. The summed E-state index contributed by atoms with van der Waals surface area (Å²) in [6.07, 6.45) is 1.45. The first-order valence-corrected chi connectivity index (χ1v) is 5.59. The highest BCUT2D eigenvalue weighted by Gasteiger charge is 2.19. The molecule has 0 spiro atoms. The highest BCUT2D eigenvalue weighted by molar-refractivity contribution is 7.12. The van der Waals surface area contributed by atoms with Crippen LogP contribution in [0.25, 0.3) is 0 Å². The van der Waals surface area contributed by atoms with E-state index in [2.05, 4.69) is 5.32 Å². The molecule has 0 bridgehead atoms. The van der Waals surface area contributed by atoms with Gasteiger partial charge in [0.15, 0.2) is 0 Å². The maximum atomic E-state index is 11.6. The summed E-state index contributed by atoms with van der Waals surface area (Å²) >= 11 is 1.55. The van der Waals surface area contributed by atoms with Gasteiger partial charge in [-0.1, -0.05) is 0 Å². The summed E-state index contributed by atoms with van der Waals surface area (Å²) in [4.78, 5) is 13.5. The van der Waals surface area contributed by atoms with Crippen molar-refractivity contribution in [1.29, 1.82) is 0 Å². The molecule has 2 rings (SSSR count). The SMILES string of the molecule is CC(O)c1cc2c(s1)CCCNC2=O. The lowest BCUT2D eigenvalue weighted by Gasteiger charge is -1.99. The first-order chi connectivity index (χ1) is 6.68. The van der Waals surface area contributed by atoms with Crippen molar-refractivity contribution in [3.8, 4) is 0 Å². The molecule has 0 saturated heterocycles. The third kappa shape index (κ3) is 1.67. The number of nitrogens with one attached hydrogen (secondary N) is 1. The smallest absolute Gasteiger partial charge is 0.252 e. The normalized spacial score (nSPS) is 18.3. The van der Waals surface area contributed by atoms with Gasteiger partial charge in [0.1, 0.15) is 0 Å². The molecule has 14 heavy (non-hydrogen) atoms. The molecule has 0 aromatic carbocycles. The Morgan fingerprint density at radius 3 is 3.14 bits per heavy atom. The second-order valence-electron chi connectivity index (χ2n) is 3.52. The van der Waals surface area contributed by atoms with Gasteiger partial charge in [0.2, 0.25) is 0 Å². The average molecular weight is 211 g/mol. The van der Waals surface area contributed by atoms with Gasteiger partial charge in [0.25, 0.3) is 5.91 Å². The van der Waals surface area contributed by atoms with Crippen LogP contribution in [-0.4, -0.2) is 17.6 Å². The molecule has 4 heteroatoms. The monoisotopic (exact) mass is 211 g/mol. The van der Waals surface area contributed by atoms with Gasteiger partial charge in [0.05, 0.1) is 11.7 Å². The van der Waals surface area contributed by atoms with Crippen LogP contribution in [0.15, 0.2) is 6.07 Å². The van der Waals surface area contributed by atoms with Crippen LogP contribution in [0.2, 0.25) is 0 Å². The van der Waals surface area contributed by atoms with E-state index in [1.54, 1.807) is 18.3 Å². The number of amides is 1. The maximum Gasteiger partial charge on any atom is 0.252 e. The van der Waals surface area contributed by atoms with Gasteiger partial charge in [-0.2, -0.15) is 0 Å². The minimum atomic E-state index is -0.472. The lowest BCUT2D eigenvalue weighted by atomic mass is 10.2. The van der Waals surface area contributed by atoms with Crippen molar-refractivity contribution in [1.82, 2.24) is 5.32 Å². The zero-order chi connectivity index (χ0) is 10.1. The summed E-state index contributed by atoms with van der Waals surface area (Å²) in [5.41, 5.74) is 0.753. The topological polar surface area (TPSA) is 49.3 Å². The van der Waals surface area contributed by atoms with Gasteiger partial charge in [-0.15, -0.1) is 11.3 Å². The van der Waals surface area contributed by atoms with E-state index in [9.17, 15) is 9.90 Å². The highest BCUT2D eigenvalue weighted by atomic mass is 32.1. The van der Waals surface area contributed by atoms with Crippen molar-refractivity contribution in [3.63, 3.8) is 0 Å². The fourth-order valence-corrected chi connectivity index (χ4v) is 2.72. The Bertz CT molecular complexity index is 357. The first kappa shape index (κ1) is 9.68. The molecule has 0 saturated carbocycles. The first-order valence-electron chi connectivity index (χ1n) is 4.77. The van der Waals surface area contributed by atoms with Crippen molar-refractivity contribution in [2.24, 2.45) is 0 Å². The molecule has 2 N–H and O–H groups in total. The molecule has 1 aromatic rings. The summed E-state index contributed by atoms with van der Waals surface area (Å²) in [5, 5.41) is 12.2. The fourth-order valence-electron chi connectivity index (χ4n) is 1.58. The van der Waals surface area contributed by atoms with E-state index in [-0.39, 0.29) is 5.91 Å². The molecule has 0 radical (unpaired) electrons. The number of fused-ring (bicyclic) bond motifs is 1. The predicted molar refractivity (Wildman–Crippen MR) is 55.6 cm³/mol. The molecule has 76 valence electrons. The van der Waals surface area contributed by atoms with Crippen LogP contribution < -0.4 is 5.32 Å². The minimum absolute atomic E-state index is 0.000602. The van der Waals surface area contributed by atoms with E-state index >= 15 is 0 Å². The number of aliphatic hydroxyl groups is 1. The lowest BCUT2D eigenvalue weighted by molar-refractivity contribution is 0.0956. The third-order valence-electron chi connectivity index (χ3n) is 2.35. The molecule has 1 aromatic heterocycles. The minimum Gasteiger partial charge on any atom is -0.388 e. The summed E-state index contributed by atoms with van der Waals surface area (Å²) < 4.78 is 0. The van der Waals surface area contributed by atoms with Crippen molar-refractivity contribution >= 4 is 17.2 Å². The number of hydrogen-bond acceptors (Lipinski definition) is 3. The van der Waals surface area contributed by atoms with E-state index in [1.165, 1.54) is 0 Å². The second kappa shape index (κ2) is 3.71. The van der Waals surface area contributed by atoms with Crippen molar-refractivity contribution in [2.75, 3.05) is 6.54 Å². The summed E-state index contributed by atoms with van der Waals surface area (Å²) in [5.74, 6) is 0.000602. The standard InChI is InChI=1S/C10H13NO2S/c1-6(12)9-5-7-8(14-9)3-2-4-11-10(7)13/h5-6,12H,2-4H2,1H3,(H,11,13). The molecule has 2 heterocycles. The fraction of sp³-hybridized carbons (Fsp3) is 0.500. The van der Waals surface area contributed by atoms with E-state index in [4.69, 9.17) is 0 Å². The quantitative estimate of drug-likeness (QED) is 0.739. The Morgan fingerprint density at radius 2 is 2.43 bits per heavy atom. The van der Waals surface area contributed by atoms with Crippen LogP contribution in [0.5, 0.6) is 0 Å². The zero-order valence-electron chi connectivity index (χ0n) is 8.04. The van der Waals surface area contributed by atoms with E-state index in [1.807, 2.05) is 6.07 Å². The Hall–Kier alpha value is -0.870. The third-order valence-corrected chi connectivity index (χ3v) is 3.72. The van der Waals surface area contributed by atoms with Crippen LogP contribution >= 0.6 is 11.3 Å². The van der Waals surface area contributed by atoms with E-state index in [0.717, 1.165) is 34.7 Å². The Kier molecular flexibility index (Phi) is 2.56. The second-order valence-corrected chi connectivity index (χ2v) is 4.69. The number of carbonyl (C=O) groups excluding carboxylic acids is 1. The Balaban J connectivity index is 2.39. The van der Waals surface area contributed by atoms with Crippen LogP contribution in [-0.2, 0) is 6.42 Å². The summed E-state index contributed by atoms with van der Waals surface area (Å²) in [6, 6.07) is 1.81. The number of carbonyl (C=O) groups is 1. The van der Waals surface area contributed by atoms with Gasteiger partial charge in [-0.25, -0.2) is 0 Å². The Labute approximate surface area is 86.8 Å². The van der Waals surface area contributed by atoms with E-state index in [0.29, 0.717) is 0 Å². The van der Waals surface area contributed by atoms with E-state index < -0.39 is 6.10 Å². The number of rotatable bonds is 1. The van der Waals surface area contributed by atoms with Gasteiger partial charge in [0, 0.05) is 16.3 Å². The molecule has 0 fully saturated rings. The molecule has 1 aliphatic heterocycles. The van der Waals surface area contributed by atoms with Crippen LogP contribution in [0.3, 0.4) is 0 Å². The highest BCUT2D eigenvalue weighted by Crippen LogP contribution is 2.29. The predicted octanol–water partition coefficient (Wildman–Crippen LogP) is 1.48. The van der Waals surface area contributed by atoms with Gasteiger partial charge in [-0.3, -0.25) is 4.79 Å². The van der Waals surface area contributed by atoms with Crippen molar-refractivity contribution in [3.05, 3.63) is 21.4 Å². The summed E-state index contributed by atoms with van der Waals surface area (Å²) in [6.45, 7) is 2.48. The molecule has 0 aliphatic carbocycles. The van der Waals surface area contributed by atoms with Gasteiger partial charge < -0.3 is 10.4 Å². The molecule has 1 unspecified atom stereocenters. The molecular formula is C10H13NO2S. The number of thiophene rings is 1. The molecule has 1 amide bonds. The van der Waals surface area contributed by atoms with Crippen molar-refractivity contribution < 1.29 is 9.90 Å². The Morgan fingerprint density at radius 1 is 1.64 bits per heavy atom. The molecule has 1 atom stereocenters. The van der Waals surface area contributed by atoms with Crippen LogP contribution in [0, 0.1) is 0 Å². The average Bonchev–Trinajstić information content (AvgIpc) is 2.49. The van der Waals surface area contributed by atoms with Gasteiger partial charge in [-0.05, 0) is 25.8 Å². The van der Waals surface area contributed by atoms with Crippen LogP contribution in [0.1, 0.15) is 39.6 Å². The molecular weight excluding hydrogens is 198 g/mol. The van der Waals surface area contributed by atoms with Gasteiger partial charge >= 0.3 is 0 Å². The lowest BCUT2D eigenvalue weighted by Crippen LogP contribution is -2.22. The molecule has 3 nitrogen and oxygen atoms in total. The number of aliphatic hydroxyl groups excluding tert-OH is 1. The van der Waals surface area contributed by atoms with Crippen LogP contribution in [0.4, 0.5) is 0 Å². The largest absolute Gasteiger partial charge is 0.388 e. The summed E-state index contributed by atoms with van der Waals surface area (Å²) in [7, 11) is 0. The van der Waals surface area contributed by atoms with Crippen molar-refractivity contribution in [2.45, 2.75) is 25.9 Å².